The van der Waals surface area contributed by atoms with Gasteiger partial charge in [-0.1, -0.05) is 23.2 Å². The second-order valence-electron chi connectivity index (χ2n) is 5.60. The van der Waals surface area contributed by atoms with Crippen LogP contribution in [0.4, 0.5) is 17.6 Å². The summed E-state index contributed by atoms with van der Waals surface area (Å²) in [6, 6.07) is 2.85. The Morgan fingerprint density at radius 1 is 1.29 bits per heavy atom. The number of ether oxygens (including phenoxy) is 1. The first-order chi connectivity index (χ1) is 13.0. The first kappa shape index (κ1) is 22.0. The van der Waals surface area contributed by atoms with E-state index in [2.05, 4.69) is 15.1 Å². The molecule has 0 atom stereocenters. The molecule has 2 aromatic rings. The van der Waals surface area contributed by atoms with Crippen LogP contribution < -0.4 is 0 Å². The molecule has 11 heteroatoms. The van der Waals surface area contributed by atoms with Crippen molar-refractivity contribution in [1.29, 1.82) is 0 Å². The zero-order valence-corrected chi connectivity index (χ0v) is 16.7. The van der Waals surface area contributed by atoms with Crippen molar-refractivity contribution in [2.75, 3.05) is 14.2 Å². The van der Waals surface area contributed by atoms with Gasteiger partial charge in [-0.2, -0.15) is 18.3 Å². The van der Waals surface area contributed by atoms with E-state index >= 15 is 0 Å². The summed E-state index contributed by atoms with van der Waals surface area (Å²) >= 11 is 12.3. The van der Waals surface area contributed by atoms with Crippen LogP contribution in [0.25, 0.3) is 17.3 Å². The molecule has 0 saturated carbocycles. The lowest BCUT2D eigenvalue weighted by Crippen LogP contribution is -2.13. The van der Waals surface area contributed by atoms with Gasteiger partial charge in [0.15, 0.2) is 11.5 Å². The molecule has 0 radical (unpaired) electrons. The molecule has 1 heterocycles. The van der Waals surface area contributed by atoms with Crippen LogP contribution in [-0.4, -0.2) is 29.9 Å². The number of methoxy groups -OCH3 is 1. The average Bonchev–Trinajstić information content (AvgIpc) is 2.89. The molecule has 0 bridgehead atoms. The second-order valence-corrected chi connectivity index (χ2v) is 6.41. The quantitative estimate of drug-likeness (QED) is 0.277. The van der Waals surface area contributed by atoms with Gasteiger partial charge >= 0.3 is 6.18 Å². The van der Waals surface area contributed by atoms with Crippen LogP contribution in [0.1, 0.15) is 16.8 Å². The highest BCUT2D eigenvalue weighted by Gasteiger charge is 2.40. The Hall–Kier alpha value is -2.26. The van der Waals surface area contributed by atoms with Gasteiger partial charge in [-0.3, -0.25) is 4.68 Å². The van der Waals surface area contributed by atoms with Crippen LogP contribution in [0.15, 0.2) is 22.3 Å². The predicted molar refractivity (Wildman–Crippen MR) is 98.6 cm³/mol. The maximum Gasteiger partial charge on any atom is 0.435 e. The third-order valence-corrected chi connectivity index (χ3v) is 4.31. The first-order valence-corrected chi connectivity index (χ1v) is 8.39. The molecular weight excluding hydrogens is 425 g/mol. The molecule has 0 unspecified atom stereocenters. The van der Waals surface area contributed by atoms with Crippen molar-refractivity contribution in [2.45, 2.75) is 13.1 Å². The number of nitrogens with zero attached hydrogens (tertiary/aromatic N) is 3. The number of benzene rings is 1. The van der Waals surface area contributed by atoms with Gasteiger partial charge in [-0.05, 0) is 41.4 Å². The summed E-state index contributed by atoms with van der Waals surface area (Å²) in [6.07, 6.45) is -3.53. The number of alkyl halides is 3. The number of halogens is 6. The molecule has 152 valence electrons. The Kier molecular flexibility index (Phi) is 6.61. The molecule has 0 amide bonds. The zero-order valence-electron chi connectivity index (χ0n) is 15.2. The maximum absolute atomic E-state index is 14.5. The Morgan fingerprint density at radius 3 is 2.43 bits per heavy atom. The number of hydrogen-bond donors (Lipinski definition) is 0. The van der Waals surface area contributed by atoms with Crippen LogP contribution in [0.3, 0.4) is 0 Å². The lowest BCUT2D eigenvalue weighted by atomic mass is 10.0. The Labute approximate surface area is 168 Å². The van der Waals surface area contributed by atoms with E-state index in [1.54, 1.807) is 6.92 Å². The standard InChI is InChI=1S/C17H15Cl2F4N3O2/c1-8-5-11(18)9(7-12(19)16(27-3)25-28-4)6-10(8)14-13(20)15(17(21,22)23)26(2)24-14/h5-7H,1-4H3/b12-7+,25-16-. The van der Waals surface area contributed by atoms with E-state index in [1.165, 1.54) is 32.4 Å². The monoisotopic (exact) mass is 439 g/mol. The molecular formula is C17H15Cl2F4N3O2. The van der Waals surface area contributed by atoms with Crippen LogP contribution in [-0.2, 0) is 22.8 Å². The summed E-state index contributed by atoms with van der Waals surface area (Å²) in [4.78, 5) is 4.60. The molecule has 0 N–H and O–H groups in total. The molecule has 0 spiro atoms. The smallest absolute Gasteiger partial charge is 0.435 e. The summed E-state index contributed by atoms with van der Waals surface area (Å²) in [5.41, 5.74) is -1.06. The van der Waals surface area contributed by atoms with Gasteiger partial charge < -0.3 is 9.57 Å². The van der Waals surface area contributed by atoms with Gasteiger partial charge in [-0.25, -0.2) is 4.39 Å². The van der Waals surface area contributed by atoms with E-state index in [4.69, 9.17) is 27.9 Å². The molecule has 5 nitrogen and oxygen atoms in total. The van der Waals surface area contributed by atoms with Crippen LogP contribution in [0, 0.1) is 12.7 Å². The molecule has 2 rings (SSSR count). The largest absolute Gasteiger partial charge is 0.478 e. The Bertz CT molecular complexity index is 953. The van der Waals surface area contributed by atoms with Crippen molar-refractivity contribution in [3.05, 3.63) is 44.8 Å². The topological polar surface area (TPSA) is 48.6 Å². The number of hydrogen-bond acceptors (Lipinski definition) is 4. The summed E-state index contributed by atoms with van der Waals surface area (Å²) < 4.78 is 59.1. The summed E-state index contributed by atoms with van der Waals surface area (Å²) in [5, 5.41) is 7.52. The minimum Gasteiger partial charge on any atom is -0.478 e. The highest BCUT2D eigenvalue weighted by atomic mass is 35.5. The lowest BCUT2D eigenvalue weighted by Gasteiger charge is -2.09. The second kappa shape index (κ2) is 8.40. The Balaban J connectivity index is 2.64. The Morgan fingerprint density at radius 2 is 1.93 bits per heavy atom. The van der Waals surface area contributed by atoms with E-state index in [0.717, 1.165) is 7.05 Å². The molecule has 28 heavy (non-hydrogen) atoms. The number of rotatable bonds is 4. The summed E-state index contributed by atoms with van der Waals surface area (Å²) in [6.45, 7) is 1.57. The summed E-state index contributed by atoms with van der Waals surface area (Å²) in [5.74, 6) is -1.52. The third-order valence-electron chi connectivity index (χ3n) is 3.71. The predicted octanol–water partition coefficient (Wildman–Crippen LogP) is 5.39. The van der Waals surface area contributed by atoms with Crippen LogP contribution in [0.2, 0.25) is 5.02 Å². The molecule has 0 aliphatic carbocycles. The van der Waals surface area contributed by atoms with Crippen LogP contribution in [0.5, 0.6) is 0 Å². The molecule has 1 aromatic heterocycles. The van der Waals surface area contributed by atoms with Crippen molar-refractivity contribution in [1.82, 2.24) is 9.78 Å². The molecule has 1 aromatic carbocycles. The van der Waals surface area contributed by atoms with E-state index in [1.807, 2.05) is 0 Å². The fourth-order valence-corrected chi connectivity index (χ4v) is 2.99. The lowest BCUT2D eigenvalue weighted by molar-refractivity contribution is -0.146. The van der Waals surface area contributed by atoms with Gasteiger partial charge in [0, 0.05) is 17.6 Å². The van der Waals surface area contributed by atoms with Gasteiger partial charge in [0.05, 0.1) is 7.11 Å². The number of aryl methyl sites for hydroxylation is 2. The van der Waals surface area contributed by atoms with Gasteiger partial charge in [0.1, 0.15) is 17.8 Å². The molecule has 0 saturated heterocycles. The molecule has 0 fully saturated rings. The average molecular weight is 440 g/mol. The summed E-state index contributed by atoms with van der Waals surface area (Å²) in [7, 11) is 3.63. The van der Waals surface area contributed by atoms with E-state index < -0.39 is 23.4 Å². The highest BCUT2D eigenvalue weighted by molar-refractivity contribution is 6.44. The van der Waals surface area contributed by atoms with E-state index in [0.29, 0.717) is 15.8 Å². The van der Waals surface area contributed by atoms with Crippen molar-refractivity contribution >= 4 is 35.2 Å². The molecule has 0 aliphatic heterocycles. The first-order valence-electron chi connectivity index (χ1n) is 7.64. The van der Waals surface area contributed by atoms with Gasteiger partial charge in [0.25, 0.3) is 5.90 Å². The van der Waals surface area contributed by atoms with E-state index in [9.17, 15) is 17.6 Å². The van der Waals surface area contributed by atoms with Gasteiger partial charge in [-0.15, -0.1) is 0 Å². The van der Waals surface area contributed by atoms with Crippen molar-refractivity contribution in [3.63, 3.8) is 0 Å². The fourth-order valence-electron chi connectivity index (χ4n) is 2.49. The maximum atomic E-state index is 14.5. The minimum absolute atomic E-state index is 0.0125. The fraction of sp³-hybridized carbons (Fsp3) is 0.294. The SMILES string of the molecule is CO/N=C(OC)/C(Cl)=C\c1cc(-c2nn(C)c(C(F)(F)F)c2F)c(C)cc1Cl. The third kappa shape index (κ3) is 4.41. The van der Waals surface area contributed by atoms with Gasteiger partial charge in [0.2, 0.25) is 0 Å². The molecule has 0 aliphatic rings. The van der Waals surface area contributed by atoms with Crippen molar-refractivity contribution in [3.8, 4) is 11.3 Å². The number of oxime groups is 1. The minimum atomic E-state index is -4.89. The number of aromatic nitrogens is 2. The zero-order chi connectivity index (χ0) is 21.2. The van der Waals surface area contributed by atoms with Crippen molar-refractivity contribution < 1.29 is 27.1 Å². The highest BCUT2D eigenvalue weighted by Crippen LogP contribution is 2.37. The van der Waals surface area contributed by atoms with Crippen LogP contribution >= 0.6 is 23.2 Å². The van der Waals surface area contributed by atoms with E-state index in [-0.39, 0.29) is 21.5 Å². The van der Waals surface area contributed by atoms with Crippen molar-refractivity contribution in [2.24, 2.45) is 12.2 Å². The normalized spacial score (nSPS) is 13.1.